The molecule has 1 amide bonds. The second kappa shape index (κ2) is 12.6. The number of rotatable bonds is 12. The number of carbonyl (C=O) groups is 1. The van der Waals surface area contributed by atoms with Crippen LogP contribution in [0.4, 0.5) is 5.69 Å². The first-order valence-electron chi connectivity index (χ1n) is 11.5. The predicted molar refractivity (Wildman–Crippen MR) is 142 cm³/mol. The van der Waals surface area contributed by atoms with Gasteiger partial charge in [0.2, 0.25) is 5.91 Å². The fourth-order valence-electron chi connectivity index (χ4n) is 3.48. The highest BCUT2D eigenvalue weighted by molar-refractivity contribution is 7.98. The summed E-state index contributed by atoms with van der Waals surface area (Å²) in [5.41, 5.74) is 4.20. The molecule has 0 saturated carbocycles. The molecule has 3 aromatic carbocycles. The molecule has 0 aromatic heterocycles. The number of nitrogens with one attached hydrogen (secondary N) is 1. The summed E-state index contributed by atoms with van der Waals surface area (Å²) in [7, 11) is -3.87. The molecule has 0 fully saturated rings. The maximum absolute atomic E-state index is 13.3. The summed E-state index contributed by atoms with van der Waals surface area (Å²) in [5, 5.41) is 2.88. The van der Waals surface area contributed by atoms with Crippen LogP contribution in [0.2, 0.25) is 0 Å². The Morgan fingerprint density at radius 1 is 0.941 bits per heavy atom. The van der Waals surface area contributed by atoms with Gasteiger partial charge in [0.05, 0.1) is 10.6 Å². The third kappa shape index (κ3) is 7.11. The van der Waals surface area contributed by atoms with E-state index < -0.39 is 10.0 Å². The number of anilines is 1. The number of carbonyl (C=O) groups excluding carboxylic acids is 1. The van der Waals surface area contributed by atoms with E-state index in [0.717, 1.165) is 29.9 Å². The third-order valence-electron chi connectivity index (χ3n) is 5.56. The molecular weight excluding hydrogens is 464 g/mol. The van der Waals surface area contributed by atoms with Crippen LogP contribution in [0.5, 0.6) is 0 Å². The normalized spacial score (nSPS) is 11.2. The van der Waals surface area contributed by atoms with Crippen LogP contribution in [-0.2, 0) is 27.0 Å². The van der Waals surface area contributed by atoms with Crippen LogP contribution in [-0.4, -0.2) is 33.2 Å². The molecule has 3 aromatic rings. The standard InChI is InChI=1S/C27H32N2O3S2/c1-3-23-14-16-25(17-15-23)29(34(31,32)26-12-5-4-6-13-26)20-27(30)28-18-9-19-33-21-24-11-8-7-10-22(24)2/h4-8,10-17H,3,9,18-21H2,1-2H3,(H,28,30). The van der Waals surface area contributed by atoms with Crippen LogP contribution in [0.3, 0.4) is 0 Å². The molecule has 1 N–H and O–H groups in total. The molecule has 180 valence electrons. The average Bonchev–Trinajstić information content (AvgIpc) is 2.86. The molecule has 0 unspecified atom stereocenters. The molecule has 0 atom stereocenters. The van der Waals surface area contributed by atoms with E-state index in [1.54, 1.807) is 42.5 Å². The van der Waals surface area contributed by atoms with Crippen LogP contribution in [0.1, 0.15) is 30.0 Å². The molecule has 34 heavy (non-hydrogen) atoms. The average molecular weight is 497 g/mol. The van der Waals surface area contributed by atoms with E-state index in [1.807, 2.05) is 43.0 Å². The Labute approximate surface area is 207 Å². The Bertz CT molecular complexity index is 1160. The molecule has 0 radical (unpaired) electrons. The molecule has 0 aliphatic carbocycles. The van der Waals surface area contributed by atoms with Crippen molar-refractivity contribution in [2.75, 3.05) is 23.1 Å². The highest BCUT2D eigenvalue weighted by atomic mass is 32.2. The topological polar surface area (TPSA) is 66.5 Å². The molecule has 0 aliphatic rings. The third-order valence-corrected chi connectivity index (χ3v) is 8.44. The maximum Gasteiger partial charge on any atom is 0.264 e. The Morgan fingerprint density at radius 2 is 1.62 bits per heavy atom. The van der Waals surface area contributed by atoms with Gasteiger partial charge >= 0.3 is 0 Å². The van der Waals surface area contributed by atoms with Crippen molar-refractivity contribution in [3.05, 3.63) is 95.6 Å². The highest BCUT2D eigenvalue weighted by Gasteiger charge is 2.26. The number of hydrogen-bond donors (Lipinski definition) is 1. The van der Waals surface area contributed by atoms with E-state index in [4.69, 9.17) is 0 Å². The van der Waals surface area contributed by atoms with Crippen LogP contribution in [0.25, 0.3) is 0 Å². The van der Waals surface area contributed by atoms with Crippen LogP contribution in [0.15, 0.2) is 83.8 Å². The van der Waals surface area contributed by atoms with E-state index in [-0.39, 0.29) is 17.3 Å². The number of sulfonamides is 1. The number of thioether (sulfide) groups is 1. The number of nitrogens with zero attached hydrogens (tertiary/aromatic N) is 1. The Balaban J connectivity index is 1.58. The Hall–Kier alpha value is -2.77. The Kier molecular flexibility index (Phi) is 9.60. The van der Waals surface area contributed by atoms with Crippen molar-refractivity contribution in [1.82, 2.24) is 5.32 Å². The molecule has 0 heterocycles. The van der Waals surface area contributed by atoms with Crippen molar-refractivity contribution in [2.24, 2.45) is 0 Å². The van der Waals surface area contributed by atoms with Gasteiger partial charge < -0.3 is 5.32 Å². The first-order chi connectivity index (χ1) is 16.4. The molecule has 0 saturated heterocycles. The van der Waals surface area contributed by atoms with Gasteiger partial charge in [-0.2, -0.15) is 11.8 Å². The Morgan fingerprint density at radius 3 is 2.29 bits per heavy atom. The minimum Gasteiger partial charge on any atom is -0.354 e. The first kappa shape index (κ1) is 25.8. The van der Waals surface area contributed by atoms with Crippen molar-refractivity contribution < 1.29 is 13.2 Å². The van der Waals surface area contributed by atoms with Gasteiger partial charge in [-0.05, 0) is 66.5 Å². The summed E-state index contributed by atoms with van der Waals surface area (Å²) in [6.45, 7) is 4.40. The maximum atomic E-state index is 13.3. The fourth-order valence-corrected chi connectivity index (χ4v) is 5.95. The van der Waals surface area contributed by atoms with E-state index in [1.165, 1.54) is 15.4 Å². The van der Waals surface area contributed by atoms with Gasteiger partial charge in [-0.3, -0.25) is 9.10 Å². The van der Waals surface area contributed by atoms with Crippen LogP contribution < -0.4 is 9.62 Å². The van der Waals surface area contributed by atoms with Crippen molar-refractivity contribution in [3.63, 3.8) is 0 Å². The van der Waals surface area contributed by atoms with E-state index in [9.17, 15) is 13.2 Å². The summed E-state index contributed by atoms with van der Waals surface area (Å²) < 4.78 is 27.9. The summed E-state index contributed by atoms with van der Waals surface area (Å²) in [5.74, 6) is 1.54. The molecule has 3 rings (SSSR count). The van der Waals surface area contributed by atoms with Crippen molar-refractivity contribution in [1.29, 1.82) is 0 Å². The number of benzene rings is 3. The lowest BCUT2D eigenvalue weighted by Gasteiger charge is -2.24. The van der Waals surface area contributed by atoms with Crippen molar-refractivity contribution >= 4 is 33.4 Å². The minimum absolute atomic E-state index is 0.162. The van der Waals surface area contributed by atoms with Gasteiger partial charge in [-0.1, -0.05) is 61.5 Å². The number of hydrogen-bond acceptors (Lipinski definition) is 4. The van der Waals surface area contributed by atoms with Gasteiger partial charge in [-0.15, -0.1) is 0 Å². The molecule has 0 spiro atoms. The smallest absolute Gasteiger partial charge is 0.264 e. The minimum atomic E-state index is -3.87. The second-order valence-corrected chi connectivity index (χ2v) is 11.0. The largest absolute Gasteiger partial charge is 0.354 e. The molecule has 0 bridgehead atoms. The van der Waals surface area contributed by atoms with Gasteiger partial charge in [0.1, 0.15) is 6.54 Å². The quantitative estimate of drug-likeness (QED) is 0.350. The molecule has 7 heteroatoms. The number of aryl methyl sites for hydroxylation is 2. The SMILES string of the molecule is CCc1ccc(N(CC(=O)NCCCSCc2ccccc2C)S(=O)(=O)c2ccccc2)cc1. The van der Waals surface area contributed by atoms with E-state index in [2.05, 4.69) is 24.4 Å². The molecular formula is C27H32N2O3S2. The number of amides is 1. The summed E-state index contributed by atoms with van der Waals surface area (Å²) in [4.78, 5) is 12.9. The van der Waals surface area contributed by atoms with E-state index in [0.29, 0.717) is 12.2 Å². The first-order valence-corrected chi connectivity index (χ1v) is 14.1. The van der Waals surface area contributed by atoms with Gasteiger partial charge in [0.15, 0.2) is 0 Å². The van der Waals surface area contributed by atoms with Crippen molar-refractivity contribution in [2.45, 2.75) is 37.3 Å². The van der Waals surface area contributed by atoms with Gasteiger partial charge in [0.25, 0.3) is 10.0 Å². The lowest BCUT2D eigenvalue weighted by atomic mass is 10.1. The van der Waals surface area contributed by atoms with Crippen LogP contribution in [0, 0.1) is 6.92 Å². The summed E-state index contributed by atoms with van der Waals surface area (Å²) in [6.07, 6.45) is 1.67. The zero-order valence-corrected chi connectivity index (χ0v) is 21.4. The lowest BCUT2D eigenvalue weighted by molar-refractivity contribution is -0.119. The monoisotopic (exact) mass is 496 g/mol. The van der Waals surface area contributed by atoms with Crippen LogP contribution >= 0.6 is 11.8 Å². The summed E-state index contributed by atoms with van der Waals surface area (Å²) >= 11 is 1.83. The molecule has 0 aliphatic heterocycles. The lowest BCUT2D eigenvalue weighted by Crippen LogP contribution is -2.41. The second-order valence-electron chi connectivity index (χ2n) is 8.03. The zero-order chi connectivity index (χ0) is 24.4. The molecule has 5 nitrogen and oxygen atoms in total. The predicted octanol–water partition coefficient (Wildman–Crippen LogP) is 5.19. The summed E-state index contributed by atoms with van der Waals surface area (Å²) in [6, 6.07) is 23.9. The van der Waals surface area contributed by atoms with Crippen molar-refractivity contribution in [3.8, 4) is 0 Å². The van der Waals surface area contributed by atoms with Gasteiger partial charge in [0, 0.05) is 12.3 Å². The fraction of sp³-hybridized carbons (Fsp3) is 0.296. The van der Waals surface area contributed by atoms with Gasteiger partial charge in [-0.25, -0.2) is 8.42 Å². The zero-order valence-electron chi connectivity index (χ0n) is 19.7. The highest BCUT2D eigenvalue weighted by Crippen LogP contribution is 2.24. The van der Waals surface area contributed by atoms with E-state index >= 15 is 0 Å².